The quantitative estimate of drug-likeness (QED) is 0.539. The predicted octanol–water partition coefficient (Wildman–Crippen LogP) is 4.59. The molecule has 5 N–H and O–H groups in total. The monoisotopic (exact) mass is 446 g/mol. The Morgan fingerprint density at radius 3 is 2.39 bits per heavy atom. The number of halogens is 1. The van der Waals surface area contributed by atoms with E-state index in [1.165, 1.54) is 32.1 Å². The van der Waals surface area contributed by atoms with E-state index in [2.05, 4.69) is 15.6 Å². The van der Waals surface area contributed by atoms with Crippen molar-refractivity contribution in [3.8, 4) is 0 Å². The van der Waals surface area contributed by atoms with Crippen LogP contribution in [0.1, 0.15) is 71.8 Å². The summed E-state index contributed by atoms with van der Waals surface area (Å²) >= 11 is 6.11. The van der Waals surface area contributed by atoms with Gasteiger partial charge in [-0.2, -0.15) is 0 Å². The normalized spacial score (nSPS) is 13.9. The number of hydrogen-bond donors (Lipinski definition) is 4. The summed E-state index contributed by atoms with van der Waals surface area (Å²) in [7, 11) is 0. The molecule has 170 valence electrons. The number of aryl methyl sites for hydroxylation is 2. The third-order valence-electron chi connectivity index (χ3n) is 5.55. The van der Waals surface area contributed by atoms with Crippen LogP contribution >= 0.6 is 11.6 Å². The minimum absolute atomic E-state index is 0.169. The summed E-state index contributed by atoms with van der Waals surface area (Å²) in [6.45, 7) is 8.44. The average molecular weight is 447 g/mol. The van der Waals surface area contributed by atoms with E-state index in [0.29, 0.717) is 22.2 Å². The molecular weight excluding hydrogens is 412 g/mol. The van der Waals surface area contributed by atoms with Crippen LogP contribution in [-0.4, -0.2) is 23.5 Å². The fourth-order valence-electron chi connectivity index (χ4n) is 3.79. The molecule has 3 rings (SSSR count). The van der Waals surface area contributed by atoms with Gasteiger partial charge in [-0.05, 0) is 69.9 Å². The van der Waals surface area contributed by atoms with Crippen molar-refractivity contribution in [1.82, 2.24) is 10.3 Å². The number of carbonyl (C=O) groups excluding carboxylic acids is 1. The second-order valence-electron chi connectivity index (χ2n) is 8.18. The summed E-state index contributed by atoms with van der Waals surface area (Å²) in [4.78, 5) is 27.3. The molecule has 1 aromatic carbocycles. The fourth-order valence-corrected chi connectivity index (χ4v) is 4.01. The van der Waals surface area contributed by atoms with Crippen LogP contribution in [0.3, 0.4) is 0 Å². The van der Waals surface area contributed by atoms with E-state index < -0.39 is 0 Å². The number of nitrogens with two attached hydrogens (primary N) is 1. The number of anilines is 1. The summed E-state index contributed by atoms with van der Waals surface area (Å²) in [5.41, 5.74) is 9.83. The molecule has 0 unspecified atom stereocenters. The Morgan fingerprint density at radius 1 is 1.16 bits per heavy atom. The first-order valence-electron chi connectivity index (χ1n) is 11.0. The molecule has 1 aromatic heterocycles. The average Bonchev–Trinajstić information content (AvgIpc) is 2.70. The first kappa shape index (κ1) is 25.0. The molecule has 31 heavy (non-hydrogen) atoms. The summed E-state index contributed by atoms with van der Waals surface area (Å²) in [5, 5.41) is 6.49. The Balaban J connectivity index is 0.000000412. The second-order valence-corrected chi connectivity index (χ2v) is 8.62. The molecule has 0 aliphatic heterocycles. The van der Waals surface area contributed by atoms with Crippen LogP contribution < -0.4 is 21.9 Å². The van der Waals surface area contributed by atoms with Crippen LogP contribution in [-0.2, 0) is 6.54 Å². The van der Waals surface area contributed by atoms with Crippen LogP contribution in [0.5, 0.6) is 0 Å². The van der Waals surface area contributed by atoms with E-state index in [4.69, 9.17) is 17.3 Å². The Morgan fingerprint density at radius 2 is 1.84 bits per heavy atom. The molecule has 1 fully saturated rings. The van der Waals surface area contributed by atoms with E-state index in [1.54, 1.807) is 12.1 Å². The maximum absolute atomic E-state index is 12.5. The minimum atomic E-state index is -0.256. The molecular formula is C24H35ClN4O2. The topological polar surface area (TPSA) is 100 Å². The number of benzene rings is 1. The smallest absolute Gasteiger partial charge is 0.253 e. The predicted molar refractivity (Wildman–Crippen MR) is 129 cm³/mol. The Bertz CT molecular complexity index is 949. The molecule has 1 aliphatic carbocycles. The van der Waals surface area contributed by atoms with Gasteiger partial charge in [0.2, 0.25) is 0 Å². The van der Waals surface area contributed by atoms with Gasteiger partial charge in [0.1, 0.15) is 0 Å². The van der Waals surface area contributed by atoms with Crippen molar-refractivity contribution in [3.05, 3.63) is 61.5 Å². The van der Waals surface area contributed by atoms with Gasteiger partial charge in [0, 0.05) is 46.7 Å². The lowest BCUT2D eigenvalue weighted by Crippen LogP contribution is -2.28. The first-order valence-corrected chi connectivity index (χ1v) is 11.4. The number of aromatic nitrogens is 1. The molecule has 0 saturated heterocycles. The highest BCUT2D eigenvalue weighted by atomic mass is 35.5. The highest BCUT2D eigenvalue weighted by molar-refractivity contribution is 6.31. The fraction of sp³-hybridized carbons (Fsp3) is 0.500. The molecule has 0 radical (unpaired) electrons. The zero-order chi connectivity index (χ0) is 23.0. The van der Waals surface area contributed by atoms with Gasteiger partial charge in [-0.1, -0.05) is 30.9 Å². The van der Waals surface area contributed by atoms with Crippen LogP contribution in [0.25, 0.3) is 0 Å². The van der Waals surface area contributed by atoms with E-state index in [1.807, 2.05) is 33.8 Å². The molecule has 0 atom stereocenters. The molecule has 1 heterocycles. The van der Waals surface area contributed by atoms with E-state index in [0.717, 1.165) is 29.1 Å². The van der Waals surface area contributed by atoms with Crippen molar-refractivity contribution >= 4 is 23.2 Å². The molecule has 0 bridgehead atoms. The van der Waals surface area contributed by atoms with Gasteiger partial charge in [-0.3, -0.25) is 9.59 Å². The van der Waals surface area contributed by atoms with E-state index in [-0.39, 0.29) is 18.0 Å². The summed E-state index contributed by atoms with van der Waals surface area (Å²) in [6, 6.07) is 5.86. The third kappa shape index (κ3) is 7.40. The molecule has 7 heteroatoms. The van der Waals surface area contributed by atoms with E-state index in [9.17, 15) is 9.59 Å². The zero-order valence-electron chi connectivity index (χ0n) is 19.0. The first-order chi connectivity index (χ1) is 14.7. The molecule has 1 aliphatic rings. The maximum Gasteiger partial charge on any atom is 0.253 e. The number of nitrogens with one attached hydrogen (secondary N) is 3. The van der Waals surface area contributed by atoms with Crippen molar-refractivity contribution in [2.75, 3.05) is 11.9 Å². The van der Waals surface area contributed by atoms with Crippen LogP contribution in [0.15, 0.2) is 23.0 Å². The Hall–Kier alpha value is -2.31. The van der Waals surface area contributed by atoms with Crippen molar-refractivity contribution in [1.29, 1.82) is 0 Å². The van der Waals surface area contributed by atoms with Crippen LogP contribution in [0, 0.1) is 20.8 Å². The summed E-state index contributed by atoms with van der Waals surface area (Å²) in [5.74, 6) is -0.256. The molecule has 2 aromatic rings. The minimum Gasteiger partial charge on any atom is -0.385 e. The molecule has 1 saturated carbocycles. The van der Waals surface area contributed by atoms with Gasteiger partial charge in [0.05, 0.1) is 0 Å². The van der Waals surface area contributed by atoms with Crippen LogP contribution in [0.4, 0.5) is 5.69 Å². The Kier molecular flexibility index (Phi) is 9.59. The lowest BCUT2D eigenvalue weighted by molar-refractivity contribution is 0.0950. The van der Waals surface area contributed by atoms with Crippen LogP contribution in [0.2, 0.25) is 5.02 Å². The lowest BCUT2D eigenvalue weighted by atomic mass is 9.97. The number of hydrogen-bond acceptors (Lipinski definition) is 4. The standard InChI is InChI=1S/C18H22ClN3O2.C6H13N/c1-5-20-16-8-13(19)7-14(12(16)4)17(23)21-9-15-10(2)6-11(3)22-18(15)24;7-6-4-2-1-3-5-6/h6-8,20H,5,9H2,1-4H3,(H,21,23)(H,22,24);6H,1-5,7H2. The van der Waals surface area contributed by atoms with E-state index >= 15 is 0 Å². The highest BCUT2D eigenvalue weighted by Crippen LogP contribution is 2.25. The number of amides is 1. The third-order valence-corrected chi connectivity index (χ3v) is 5.77. The largest absolute Gasteiger partial charge is 0.385 e. The number of carbonyl (C=O) groups is 1. The van der Waals surface area contributed by atoms with Gasteiger partial charge in [-0.25, -0.2) is 0 Å². The lowest BCUT2D eigenvalue weighted by Gasteiger charge is -2.15. The number of H-pyrrole nitrogens is 1. The molecule has 1 amide bonds. The highest BCUT2D eigenvalue weighted by Gasteiger charge is 2.14. The van der Waals surface area contributed by atoms with Gasteiger partial charge in [0.15, 0.2) is 0 Å². The van der Waals surface area contributed by atoms with Gasteiger partial charge in [-0.15, -0.1) is 0 Å². The number of aromatic amines is 1. The second kappa shape index (κ2) is 11.9. The number of pyridine rings is 1. The summed E-state index contributed by atoms with van der Waals surface area (Å²) in [6.07, 6.45) is 6.66. The van der Waals surface area contributed by atoms with Crippen molar-refractivity contribution in [3.63, 3.8) is 0 Å². The SMILES string of the molecule is CCNc1cc(Cl)cc(C(=O)NCc2c(C)cc(C)[nH]c2=O)c1C.NC1CCCCC1. The maximum atomic E-state index is 12.5. The van der Waals surface area contributed by atoms with Crippen molar-refractivity contribution in [2.24, 2.45) is 5.73 Å². The number of rotatable bonds is 5. The van der Waals surface area contributed by atoms with Crippen molar-refractivity contribution < 1.29 is 4.79 Å². The van der Waals surface area contributed by atoms with Crippen molar-refractivity contribution in [2.45, 2.75) is 72.4 Å². The van der Waals surface area contributed by atoms with Gasteiger partial charge >= 0.3 is 0 Å². The van der Waals surface area contributed by atoms with Gasteiger partial charge < -0.3 is 21.4 Å². The Labute approximate surface area is 190 Å². The molecule has 0 spiro atoms. The van der Waals surface area contributed by atoms with Gasteiger partial charge in [0.25, 0.3) is 11.5 Å². The zero-order valence-corrected chi connectivity index (χ0v) is 19.8. The molecule has 6 nitrogen and oxygen atoms in total. The summed E-state index contributed by atoms with van der Waals surface area (Å²) < 4.78 is 0.